The van der Waals surface area contributed by atoms with E-state index in [-0.39, 0.29) is 29.6 Å². The minimum Gasteiger partial charge on any atom is -0.468 e. The van der Waals surface area contributed by atoms with E-state index in [1.165, 1.54) is 4.68 Å². The Morgan fingerprint density at radius 1 is 1.45 bits per heavy atom. The molecule has 20 heavy (non-hydrogen) atoms. The van der Waals surface area contributed by atoms with Crippen molar-refractivity contribution in [2.24, 2.45) is 12.8 Å². The smallest absolute Gasteiger partial charge is 0.353 e. The van der Waals surface area contributed by atoms with Crippen molar-refractivity contribution in [2.45, 2.75) is 57.6 Å². The van der Waals surface area contributed by atoms with Crippen LogP contribution in [0.5, 0.6) is 5.88 Å². The lowest BCUT2D eigenvalue weighted by Gasteiger charge is -2.28. The molecule has 2 rings (SSSR count). The SMILES string of the molecule is CC(C)c1nn(C)c(OC2CCCCC2N)c1[N+](=O)[O-]. The zero-order valence-electron chi connectivity index (χ0n) is 12.2. The Kier molecular flexibility index (Phi) is 4.27. The number of nitro groups is 1. The van der Waals surface area contributed by atoms with E-state index in [2.05, 4.69) is 5.10 Å². The van der Waals surface area contributed by atoms with Crippen LogP contribution in [0.1, 0.15) is 51.1 Å². The summed E-state index contributed by atoms with van der Waals surface area (Å²) in [5.41, 5.74) is 6.47. The number of nitrogens with two attached hydrogens (primary N) is 1. The summed E-state index contributed by atoms with van der Waals surface area (Å²) < 4.78 is 7.31. The van der Waals surface area contributed by atoms with Crippen molar-refractivity contribution in [1.29, 1.82) is 0 Å². The fraction of sp³-hybridized carbons (Fsp3) is 0.769. The molecular weight excluding hydrogens is 260 g/mol. The number of ether oxygens (including phenoxy) is 1. The van der Waals surface area contributed by atoms with Gasteiger partial charge in [-0.2, -0.15) is 5.10 Å². The van der Waals surface area contributed by atoms with Gasteiger partial charge in [-0.1, -0.05) is 20.3 Å². The molecule has 1 heterocycles. The lowest BCUT2D eigenvalue weighted by molar-refractivity contribution is -0.387. The minimum atomic E-state index is -0.411. The predicted molar refractivity (Wildman–Crippen MR) is 74.8 cm³/mol. The Morgan fingerprint density at radius 2 is 2.10 bits per heavy atom. The van der Waals surface area contributed by atoms with Gasteiger partial charge in [0, 0.05) is 19.0 Å². The van der Waals surface area contributed by atoms with Gasteiger partial charge < -0.3 is 10.5 Å². The second-order valence-corrected chi connectivity index (χ2v) is 5.68. The van der Waals surface area contributed by atoms with E-state index in [0.29, 0.717) is 5.69 Å². The van der Waals surface area contributed by atoms with Gasteiger partial charge in [-0.3, -0.25) is 10.1 Å². The maximum absolute atomic E-state index is 11.3. The molecule has 1 saturated carbocycles. The van der Waals surface area contributed by atoms with Crippen LogP contribution >= 0.6 is 0 Å². The van der Waals surface area contributed by atoms with Crippen molar-refractivity contribution in [3.8, 4) is 5.88 Å². The topological polar surface area (TPSA) is 96.2 Å². The summed E-state index contributed by atoms with van der Waals surface area (Å²) in [5.74, 6) is 0.194. The van der Waals surface area contributed by atoms with Gasteiger partial charge in [0.2, 0.25) is 0 Å². The number of nitrogens with zero attached hydrogens (tertiary/aromatic N) is 3. The molecule has 0 saturated heterocycles. The second kappa shape index (κ2) is 5.78. The van der Waals surface area contributed by atoms with Crippen molar-refractivity contribution >= 4 is 5.69 Å². The highest BCUT2D eigenvalue weighted by atomic mass is 16.6. The number of aromatic nitrogens is 2. The van der Waals surface area contributed by atoms with Gasteiger partial charge in [0.25, 0.3) is 5.88 Å². The Balaban J connectivity index is 2.33. The number of hydrogen-bond acceptors (Lipinski definition) is 5. The zero-order chi connectivity index (χ0) is 14.9. The minimum absolute atomic E-state index is 0.0275. The maximum atomic E-state index is 11.3. The summed E-state index contributed by atoms with van der Waals surface area (Å²) in [4.78, 5) is 10.9. The van der Waals surface area contributed by atoms with E-state index in [1.54, 1.807) is 7.05 Å². The Bertz CT molecular complexity index is 498. The molecule has 0 spiro atoms. The number of hydrogen-bond donors (Lipinski definition) is 1. The molecule has 7 nitrogen and oxygen atoms in total. The summed E-state index contributed by atoms with van der Waals surface area (Å²) in [5, 5.41) is 15.6. The molecule has 0 aliphatic heterocycles. The summed E-state index contributed by atoms with van der Waals surface area (Å²) in [6.07, 6.45) is 3.69. The Hall–Kier alpha value is -1.63. The summed E-state index contributed by atoms with van der Waals surface area (Å²) in [7, 11) is 1.67. The van der Waals surface area contributed by atoms with Gasteiger partial charge in [-0.25, -0.2) is 4.68 Å². The first-order valence-corrected chi connectivity index (χ1v) is 7.05. The van der Waals surface area contributed by atoms with E-state index in [4.69, 9.17) is 10.5 Å². The third-order valence-corrected chi connectivity index (χ3v) is 3.74. The average Bonchev–Trinajstić information content (AvgIpc) is 2.70. The molecule has 1 aromatic rings. The van der Waals surface area contributed by atoms with Crippen LogP contribution in [0.15, 0.2) is 0 Å². The molecule has 2 unspecified atom stereocenters. The van der Waals surface area contributed by atoms with Crippen molar-refractivity contribution in [3.05, 3.63) is 15.8 Å². The molecule has 1 aromatic heterocycles. The van der Waals surface area contributed by atoms with Gasteiger partial charge in [0.05, 0.1) is 4.92 Å². The highest BCUT2D eigenvalue weighted by Gasteiger charge is 2.33. The first-order chi connectivity index (χ1) is 9.41. The lowest BCUT2D eigenvalue weighted by Crippen LogP contribution is -2.41. The summed E-state index contributed by atoms with van der Waals surface area (Å²) in [6.45, 7) is 3.76. The maximum Gasteiger partial charge on any atom is 0.353 e. The van der Waals surface area contributed by atoms with Crippen LogP contribution in [0.3, 0.4) is 0 Å². The zero-order valence-corrected chi connectivity index (χ0v) is 12.2. The van der Waals surface area contributed by atoms with Gasteiger partial charge in [0.1, 0.15) is 11.8 Å². The molecule has 1 fully saturated rings. The van der Waals surface area contributed by atoms with Gasteiger partial charge in [0.15, 0.2) is 0 Å². The fourth-order valence-corrected chi connectivity index (χ4v) is 2.63. The Morgan fingerprint density at radius 3 is 2.65 bits per heavy atom. The first-order valence-electron chi connectivity index (χ1n) is 7.05. The molecule has 0 bridgehead atoms. The van der Waals surface area contributed by atoms with Crippen LogP contribution in [0.2, 0.25) is 0 Å². The van der Waals surface area contributed by atoms with E-state index in [0.717, 1.165) is 25.7 Å². The molecule has 0 amide bonds. The summed E-state index contributed by atoms with van der Waals surface area (Å²) in [6, 6.07) is -0.0687. The van der Waals surface area contributed by atoms with Crippen LogP contribution in [0, 0.1) is 10.1 Å². The van der Waals surface area contributed by atoms with Crippen molar-refractivity contribution in [2.75, 3.05) is 0 Å². The van der Waals surface area contributed by atoms with E-state index in [9.17, 15) is 10.1 Å². The van der Waals surface area contributed by atoms with Crippen LogP contribution < -0.4 is 10.5 Å². The Labute approximate surface area is 118 Å². The lowest BCUT2D eigenvalue weighted by atomic mass is 9.93. The van der Waals surface area contributed by atoms with E-state index in [1.807, 2.05) is 13.8 Å². The van der Waals surface area contributed by atoms with Gasteiger partial charge in [-0.05, 0) is 19.3 Å². The molecule has 112 valence electrons. The van der Waals surface area contributed by atoms with E-state index < -0.39 is 4.92 Å². The van der Waals surface area contributed by atoms with Crippen LogP contribution in [-0.4, -0.2) is 26.8 Å². The third kappa shape index (κ3) is 2.77. The van der Waals surface area contributed by atoms with Crippen molar-refractivity contribution < 1.29 is 9.66 Å². The molecule has 2 atom stereocenters. The standard InChI is InChI=1S/C13H22N4O3/c1-8(2)11-12(17(18)19)13(16(3)15-11)20-10-7-5-4-6-9(10)14/h8-10H,4-7,14H2,1-3H3. The first kappa shape index (κ1) is 14.8. The molecular formula is C13H22N4O3. The molecule has 1 aliphatic carbocycles. The second-order valence-electron chi connectivity index (χ2n) is 5.68. The van der Waals surface area contributed by atoms with Crippen molar-refractivity contribution in [1.82, 2.24) is 9.78 Å². The van der Waals surface area contributed by atoms with Gasteiger partial charge in [-0.15, -0.1) is 0 Å². The predicted octanol–water partition coefficient (Wildman–Crippen LogP) is 2.10. The monoisotopic (exact) mass is 282 g/mol. The number of aryl methyl sites for hydroxylation is 1. The van der Waals surface area contributed by atoms with E-state index >= 15 is 0 Å². The summed E-state index contributed by atoms with van der Waals surface area (Å²) >= 11 is 0. The quantitative estimate of drug-likeness (QED) is 0.673. The van der Waals surface area contributed by atoms with Crippen LogP contribution in [0.4, 0.5) is 5.69 Å². The molecule has 0 radical (unpaired) electrons. The largest absolute Gasteiger partial charge is 0.468 e. The molecule has 2 N–H and O–H groups in total. The molecule has 7 heteroatoms. The highest BCUT2D eigenvalue weighted by molar-refractivity contribution is 5.47. The average molecular weight is 282 g/mol. The van der Waals surface area contributed by atoms with Gasteiger partial charge >= 0.3 is 5.69 Å². The third-order valence-electron chi connectivity index (χ3n) is 3.74. The molecule has 0 aromatic carbocycles. The highest BCUT2D eigenvalue weighted by Crippen LogP contribution is 2.36. The molecule has 1 aliphatic rings. The number of rotatable bonds is 4. The normalized spacial score (nSPS) is 23.1. The fourth-order valence-electron chi connectivity index (χ4n) is 2.63. The van der Waals surface area contributed by atoms with Crippen molar-refractivity contribution in [3.63, 3.8) is 0 Å². The van der Waals surface area contributed by atoms with Crippen LogP contribution in [-0.2, 0) is 7.05 Å². The van der Waals surface area contributed by atoms with Crippen LogP contribution in [0.25, 0.3) is 0 Å².